The van der Waals surface area contributed by atoms with Gasteiger partial charge in [-0.15, -0.1) is 0 Å². The number of hydrogen-bond donors (Lipinski definition) is 1. The van der Waals surface area contributed by atoms with E-state index in [4.69, 9.17) is 9.47 Å². The first-order valence-corrected chi connectivity index (χ1v) is 8.20. The summed E-state index contributed by atoms with van der Waals surface area (Å²) in [5.74, 6) is -0.814. The van der Waals surface area contributed by atoms with Gasteiger partial charge < -0.3 is 9.47 Å². The quantitative estimate of drug-likeness (QED) is 0.388. The van der Waals surface area contributed by atoms with Crippen molar-refractivity contribution in [3.05, 3.63) is 41.0 Å². The average molecular weight is 331 g/mol. The number of fused-ring (bicyclic) bond motifs is 3. The van der Waals surface area contributed by atoms with Crippen molar-refractivity contribution in [1.29, 1.82) is 0 Å². The molecule has 1 aromatic carbocycles. The third kappa shape index (κ3) is 3.34. The number of esters is 1. The second-order valence-corrected chi connectivity index (χ2v) is 6.05. The molecule has 1 saturated heterocycles. The van der Waals surface area contributed by atoms with Crippen molar-refractivity contribution in [2.75, 3.05) is 13.2 Å². The number of hydrogen-bond acceptors (Lipinski definition) is 5. The van der Waals surface area contributed by atoms with Crippen LogP contribution in [0.2, 0.25) is 0 Å². The number of morpholine rings is 1. The lowest BCUT2D eigenvalue weighted by Crippen LogP contribution is -2.45. The van der Waals surface area contributed by atoms with Gasteiger partial charge in [0, 0.05) is 12.5 Å². The molecule has 24 heavy (non-hydrogen) atoms. The molecule has 1 aromatic rings. The Hall–Kier alpha value is -2.18. The predicted octanol–water partition coefficient (Wildman–Crippen LogP) is 2.26. The molecule has 2 atom stereocenters. The molecule has 0 bridgehead atoms. The number of amides is 1. The average Bonchev–Trinajstić information content (AvgIpc) is 2.95. The Morgan fingerprint density at radius 2 is 2.33 bits per heavy atom. The summed E-state index contributed by atoms with van der Waals surface area (Å²) in [7, 11) is 0. The summed E-state index contributed by atoms with van der Waals surface area (Å²) in [5, 5.41) is 10.8. The number of unbranched alkanes of at least 4 members (excludes halogenated alkanes) is 1. The predicted molar refractivity (Wildman–Crippen MR) is 86.2 cm³/mol. The van der Waals surface area contributed by atoms with E-state index >= 15 is 0 Å². The minimum Gasteiger partial charge on any atom is -0.463 e. The Labute approximate surface area is 140 Å². The third-order valence-electron chi connectivity index (χ3n) is 4.36. The minimum atomic E-state index is -0.480. The van der Waals surface area contributed by atoms with Gasteiger partial charge in [0.25, 0.3) is 5.91 Å². The maximum atomic E-state index is 11.6. The molecule has 0 radical (unpaired) electrons. The highest BCUT2D eigenvalue weighted by molar-refractivity contribution is 5.87. The number of rotatable bonds is 5. The largest absolute Gasteiger partial charge is 0.463 e. The number of carbonyl (C=O) groups excluding carboxylic acids is 2. The van der Waals surface area contributed by atoms with Gasteiger partial charge >= 0.3 is 5.97 Å². The smallest absolute Gasteiger partial charge is 0.330 e. The van der Waals surface area contributed by atoms with Crippen LogP contribution >= 0.6 is 0 Å². The van der Waals surface area contributed by atoms with Crippen LogP contribution in [0.1, 0.15) is 42.5 Å². The van der Waals surface area contributed by atoms with Crippen molar-refractivity contribution >= 4 is 18.0 Å². The fraction of sp³-hybridized carbons (Fsp3) is 0.444. The van der Waals surface area contributed by atoms with Gasteiger partial charge in [-0.2, -0.15) is 0 Å². The van der Waals surface area contributed by atoms with Crippen molar-refractivity contribution < 1.29 is 24.3 Å². The summed E-state index contributed by atoms with van der Waals surface area (Å²) in [6.07, 6.45) is 5.33. The maximum absolute atomic E-state index is 11.6. The fourth-order valence-electron chi connectivity index (χ4n) is 3.08. The number of carbonyl (C=O) groups is 2. The molecule has 1 heterocycles. The van der Waals surface area contributed by atoms with E-state index in [1.165, 1.54) is 6.08 Å². The summed E-state index contributed by atoms with van der Waals surface area (Å²) in [6, 6.07) is 5.24. The van der Waals surface area contributed by atoms with Gasteiger partial charge in [0.1, 0.15) is 12.6 Å². The monoisotopic (exact) mass is 331 g/mol. The zero-order chi connectivity index (χ0) is 17.1. The Morgan fingerprint density at radius 1 is 1.50 bits per heavy atom. The summed E-state index contributed by atoms with van der Waals surface area (Å²) in [6.45, 7) is 2.36. The zero-order valence-electron chi connectivity index (χ0n) is 13.6. The van der Waals surface area contributed by atoms with Gasteiger partial charge in [0.2, 0.25) is 0 Å². The normalized spacial score (nSPS) is 22.6. The van der Waals surface area contributed by atoms with Gasteiger partial charge in [-0.3, -0.25) is 10.0 Å². The van der Waals surface area contributed by atoms with Crippen LogP contribution in [0, 0.1) is 0 Å². The van der Waals surface area contributed by atoms with Crippen LogP contribution in [-0.2, 0) is 25.5 Å². The van der Waals surface area contributed by atoms with Crippen molar-refractivity contribution in [3.8, 4) is 0 Å². The van der Waals surface area contributed by atoms with E-state index in [9.17, 15) is 14.8 Å². The third-order valence-corrected chi connectivity index (χ3v) is 4.36. The molecule has 128 valence electrons. The first kappa shape index (κ1) is 16.7. The standard InChI is InChI=1S/C18H21NO5/c1-2-3-8-23-17(21)7-5-12-4-6-13-10-15-18(14(13)9-12)19(22)16(20)11-24-15/h4-7,9,15,18,22H,2-3,8,10-11H2,1H3/b7-5+/t15-,18+/m0/s1. The molecule has 6 heteroatoms. The van der Waals surface area contributed by atoms with Crippen LogP contribution in [0.4, 0.5) is 0 Å². The molecular weight excluding hydrogens is 310 g/mol. The van der Waals surface area contributed by atoms with Crippen LogP contribution in [0.15, 0.2) is 24.3 Å². The minimum absolute atomic E-state index is 0.0952. The number of nitrogens with zero attached hydrogens (tertiary/aromatic N) is 1. The number of hydroxylamine groups is 2. The molecule has 2 aliphatic rings. The molecule has 0 saturated carbocycles. The second kappa shape index (κ2) is 7.15. The van der Waals surface area contributed by atoms with Gasteiger partial charge in [0.15, 0.2) is 0 Å². The lowest BCUT2D eigenvalue weighted by molar-refractivity contribution is -0.212. The lowest BCUT2D eigenvalue weighted by Gasteiger charge is -2.33. The molecule has 0 aromatic heterocycles. The number of ether oxygens (including phenoxy) is 2. The van der Waals surface area contributed by atoms with Crippen LogP contribution in [-0.4, -0.2) is 41.5 Å². The molecule has 1 fully saturated rings. The Bertz CT molecular complexity index is 669. The molecule has 1 amide bonds. The number of benzene rings is 1. The molecule has 1 aliphatic carbocycles. The van der Waals surface area contributed by atoms with Gasteiger partial charge in [0.05, 0.1) is 12.7 Å². The SMILES string of the molecule is CCCCOC(=O)/C=C/c1ccc2c(c1)[C@@H]1[C@H](C2)OCC(=O)N1O. The molecule has 1 N–H and O–H groups in total. The van der Waals surface area contributed by atoms with Crippen LogP contribution in [0.5, 0.6) is 0 Å². The summed E-state index contributed by atoms with van der Waals surface area (Å²) in [4.78, 5) is 23.3. The zero-order valence-corrected chi connectivity index (χ0v) is 13.6. The molecular formula is C18H21NO5. The first-order valence-electron chi connectivity index (χ1n) is 8.20. The van der Waals surface area contributed by atoms with E-state index in [1.54, 1.807) is 6.08 Å². The van der Waals surface area contributed by atoms with E-state index in [1.807, 2.05) is 25.1 Å². The van der Waals surface area contributed by atoms with Crippen molar-refractivity contribution in [2.45, 2.75) is 38.3 Å². The van der Waals surface area contributed by atoms with Gasteiger partial charge in [-0.05, 0) is 35.3 Å². The highest BCUT2D eigenvalue weighted by Gasteiger charge is 2.43. The van der Waals surface area contributed by atoms with Crippen LogP contribution in [0.25, 0.3) is 6.08 Å². The fourth-order valence-corrected chi connectivity index (χ4v) is 3.08. The molecule has 0 spiro atoms. The maximum Gasteiger partial charge on any atom is 0.330 e. The Morgan fingerprint density at radius 3 is 3.12 bits per heavy atom. The van der Waals surface area contributed by atoms with Crippen molar-refractivity contribution in [3.63, 3.8) is 0 Å². The summed E-state index contributed by atoms with van der Waals surface area (Å²) >= 11 is 0. The lowest BCUT2D eigenvalue weighted by atomic mass is 10.0. The van der Waals surface area contributed by atoms with E-state index in [0.717, 1.165) is 34.6 Å². The highest BCUT2D eigenvalue weighted by Crippen LogP contribution is 2.39. The summed E-state index contributed by atoms with van der Waals surface area (Å²) < 4.78 is 10.6. The molecule has 1 aliphatic heterocycles. The topological polar surface area (TPSA) is 76.1 Å². The Balaban J connectivity index is 1.73. The second-order valence-electron chi connectivity index (χ2n) is 6.05. The Kier molecular flexibility index (Phi) is 4.97. The van der Waals surface area contributed by atoms with Gasteiger partial charge in [-0.25, -0.2) is 9.86 Å². The molecule has 0 unspecified atom stereocenters. The molecule has 3 rings (SSSR count). The van der Waals surface area contributed by atoms with Crippen molar-refractivity contribution in [2.24, 2.45) is 0 Å². The first-order chi connectivity index (χ1) is 11.6. The van der Waals surface area contributed by atoms with E-state index in [0.29, 0.717) is 13.0 Å². The van der Waals surface area contributed by atoms with Gasteiger partial charge in [-0.1, -0.05) is 25.5 Å². The van der Waals surface area contributed by atoms with E-state index in [2.05, 4.69) is 0 Å². The van der Waals surface area contributed by atoms with E-state index < -0.39 is 11.9 Å². The van der Waals surface area contributed by atoms with Crippen LogP contribution in [0.3, 0.4) is 0 Å². The van der Waals surface area contributed by atoms with E-state index in [-0.39, 0.29) is 18.7 Å². The molecule has 6 nitrogen and oxygen atoms in total. The van der Waals surface area contributed by atoms with Crippen LogP contribution < -0.4 is 0 Å². The summed E-state index contributed by atoms with van der Waals surface area (Å²) in [5.41, 5.74) is 2.71. The highest BCUT2D eigenvalue weighted by atomic mass is 16.6. The van der Waals surface area contributed by atoms with Crippen molar-refractivity contribution in [1.82, 2.24) is 5.06 Å².